The molecule has 0 unspecified atom stereocenters. The third kappa shape index (κ3) is 4.42. The van der Waals surface area contributed by atoms with E-state index < -0.39 is 16.2 Å². The lowest BCUT2D eigenvalue weighted by Crippen LogP contribution is -2.30. The molecule has 0 heterocycles. The molecule has 0 atom stereocenters. The Morgan fingerprint density at radius 2 is 2.11 bits per heavy atom. The van der Waals surface area contributed by atoms with Crippen LogP contribution in [0.25, 0.3) is 0 Å². The molecular weight excluding hydrogens is 272 g/mol. The van der Waals surface area contributed by atoms with E-state index in [0.29, 0.717) is 6.42 Å². The van der Waals surface area contributed by atoms with Gasteiger partial charge in [0.1, 0.15) is 5.75 Å². The number of carboxylic acid groups (broad SMARTS) is 1. The average Bonchev–Trinajstić information content (AvgIpc) is 2.35. The highest BCUT2D eigenvalue weighted by molar-refractivity contribution is 7.90. The van der Waals surface area contributed by atoms with Crippen LogP contribution in [-0.4, -0.2) is 33.1 Å². The highest BCUT2D eigenvalue weighted by Crippen LogP contribution is 2.26. The van der Waals surface area contributed by atoms with Gasteiger partial charge >= 0.3 is 5.97 Å². The molecule has 0 aliphatic heterocycles. The van der Waals surface area contributed by atoms with Crippen LogP contribution in [0, 0.1) is 0 Å². The average molecular weight is 288 g/mol. The number of carbonyl (C=O) groups is 1. The number of hydrogen-bond donors (Lipinski definition) is 3. The number of rotatable bonds is 7. The third-order valence-corrected chi connectivity index (χ3v) is 3.31. The first-order valence-corrected chi connectivity index (χ1v) is 7.06. The molecule has 1 rings (SSSR count). The lowest BCUT2D eigenvalue weighted by Gasteiger charge is -2.12. The van der Waals surface area contributed by atoms with Gasteiger partial charge in [0.15, 0.2) is 0 Å². The van der Waals surface area contributed by atoms with Gasteiger partial charge in [-0.15, -0.1) is 0 Å². The SMILES string of the molecule is CCCNS(=O)(=O)Nc1cc(C(=O)O)ccc1OC. The number of anilines is 1. The van der Waals surface area contributed by atoms with Crippen molar-refractivity contribution < 1.29 is 23.1 Å². The molecule has 0 aliphatic rings. The van der Waals surface area contributed by atoms with Gasteiger partial charge in [0.25, 0.3) is 10.2 Å². The third-order valence-electron chi connectivity index (χ3n) is 2.23. The normalized spacial score (nSPS) is 11.1. The fourth-order valence-corrected chi connectivity index (χ4v) is 2.33. The van der Waals surface area contributed by atoms with Crippen molar-refractivity contribution in [3.63, 3.8) is 0 Å². The molecule has 0 bridgehead atoms. The van der Waals surface area contributed by atoms with E-state index in [1.807, 2.05) is 6.92 Å². The van der Waals surface area contributed by atoms with Gasteiger partial charge in [-0.1, -0.05) is 6.92 Å². The maximum atomic E-state index is 11.7. The Balaban J connectivity index is 3.04. The summed E-state index contributed by atoms with van der Waals surface area (Å²) in [7, 11) is -2.38. The number of hydrogen-bond acceptors (Lipinski definition) is 4. The van der Waals surface area contributed by atoms with E-state index in [9.17, 15) is 13.2 Å². The number of nitrogens with one attached hydrogen (secondary N) is 2. The minimum Gasteiger partial charge on any atom is -0.495 e. The van der Waals surface area contributed by atoms with Crippen LogP contribution >= 0.6 is 0 Å². The van der Waals surface area contributed by atoms with Gasteiger partial charge in [-0.25, -0.2) is 4.79 Å². The molecule has 0 radical (unpaired) electrons. The van der Waals surface area contributed by atoms with Gasteiger partial charge in [-0.3, -0.25) is 4.72 Å². The highest BCUT2D eigenvalue weighted by atomic mass is 32.2. The first kappa shape index (κ1) is 15.3. The summed E-state index contributed by atoms with van der Waals surface area (Å²) < 4.78 is 32.9. The molecule has 7 nitrogen and oxygen atoms in total. The van der Waals surface area contributed by atoms with Crippen molar-refractivity contribution in [3.05, 3.63) is 23.8 Å². The number of aromatic carboxylic acids is 1. The zero-order valence-corrected chi connectivity index (χ0v) is 11.5. The second-order valence-electron chi connectivity index (χ2n) is 3.72. The Labute approximate surface area is 111 Å². The van der Waals surface area contributed by atoms with Crippen LogP contribution in [0.15, 0.2) is 18.2 Å². The first-order valence-electron chi connectivity index (χ1n) is 5.58. The summed E-state index contributed by atoms with van der Waals surface area (Å²) in [6.07, 6.45) is 0.646. The quantitative estimate of drug-likeness (QED) is 0.695. The Morgan fingerprint density at radius 1 is 1.42 bits per heavy atom. The fraction of sp³-hybridized carbons (Fsp3) is 0.364. The van der Waals surface area contributed by atoms with Crippen molar-refractivity contribution in [2.24, 2.45) is 0 Å². The molecule has 0 fully saturated rings. The predicted molar refractivity (Wildman–Crippen MR) is 70.8 cm³/mol. The minimum absolute atomic E-state index is 0.0333. The molecule has 1 aromatic carbocycles. The molecule has 0 saturated heterocycles. The van der Waals surface area contributed by atoms with Crippen LogP contribution in [-0.2, 0) is 10.2 Å². The summed E-state index contributed by atoms with van der Waals surface area (Å²) in [6.45, 7) is 2.12. The molecule has 0 spiro atoms. The van der Waals surface area contributed by atoms with Crippen molar-refractivity contribution in [3.8, 4) is 5.75 Å². The zero-order chi connectivity index (χ0) is 14.5. The molecule has 0 aromatic heterocycles. The van der Waals surface area contributed by atoms with Crippen molar-refractivity contribution in [2.75, 3.05) is 18.4 Å². The Hall–Kier alpha value is -1.80. The van der Waals surface area contributed by atoms with Crippen LogP contribution in [0.3, 0.4) is 0 Å². The minimum atomic E-state index is -3.74. The van der Waals surface area contributed by atoms with Gasteiger partial charge in [0.05, 0.1) is 18.4 Å². The number of methoxy groups -OCH3 is 1. The van der Waals surface area contributed by atoms with Gasteiger partial charge in [0.2, 0.25) is 0 Å². The number of ether oxygens (including phenoxy) is 1. The van der Waals surface area contributed by atoms with E-state index in [1.54, 1.807) is 0 Å². The smallest absolute Gasteiger partial charge is 0.335 e. The fourth-order valence-electron chi connectivity index (χ4n) is 1.34. The number of carboxylic acids is 1. The summed E-state index contributed by atoms with van der Waals surface area (Å²) >= 11 is 0. The molecule has 0 aliphatic carbocycles. The Bertz CT molecular complexity index is 556. The summed E-state index contributed by atoms with van der Waals surface area (Å²) in [5.41, 5.74) is 0.0417. The highest BCUT2D eigenvalue weighted by Gasteiger charge is 2.14. The maximum Gasteiger partial charge on any atom is 0.335 e. The second kappa shape index (κ2) is 6.39. The van der Waals surface area contributed by atoms with Crippen LogP contribution in [0.4, 0.5) is 5.69 Å². The van der Waals surface area contributed by atoms with Crippen LogP contribution in [0.1, 0.15) is 23.7 Å². The molecular formula is C11H16N2O5S. The largest absolute Gasteiger partial charge is 0.495 e. The van der Waals surface area contributed by atoms with Gasteiger partial charge in [0, 0.05) is 6.54 Å². The van der Waals surface area contributed by atoms with E-state index in [0.717, 1.165) is 0 Å². The van der Waals surface area contributed by atoms with E-state index in [1.165, 1.54) is 25.3 Å². The van der Waals surface area contributed by atoms with Crippen molar-refractivity contribution >= 4 is 21.9 Å². The van der Waals surface area contributed by atoms with Crippen molar-refractivity contribution in [1.29, 1.82) is 0 Å². The van der Waals surface area contributed by atoms with Crippen LogP contribution in [0.5, 0.6) is 5.75 Å². The summed E-state index contributed by atoms with van der Waals surface area (Å²) in [5.74, 6) is -0.906. The van der Waals surface area contributed by atoms with Crippen LogP contribution in [0.2, 0.25) is 0 Å². The number of benzene rings is 1. The van der Waals surface area contributed by atoms with E-state index in [4.69, 9.17) is 9.84 Å². The molecule has 8 heteroatoms. The monoisotopic (exact) mass is 288 g/mol. The lowest BCUT2D eigenvalue weighted by molar-refractivity contribution is 0.0697. The van der Waals surface area contributed by atoms with Gasteiger partial charge in [-0.05, 0) is 24.6 Å². The molecule has 1 aromatic rings. The second-order valence-corrected chi connectivity index (χ2v) is 5.22. The maximum absolute atomic E-state index is 11.7. The summed E-state index contributed by atoms with van der Waals surface area (Å²) in [6, 6.07) is 3.92. The lowest BCUT2D eigenvalue weighted by atomic mass is 10.2. The Morgan fingerprint density at radius 3 is 2.63 bits per heavy atom. The molecule has 106 valence electrons. The summed E-state index contributed by atoms with van der Waals surface area (Å²) in [4.78, 5) is 10.9. The van der Waals surface area contributed by atoms with Gasteiger partial charge in [-0.2, -0.15) is 13.1 Å². The Kier molecular flexibility index (Phi) is 5.13. The molecule has 0 saturated carbocycles. The zero-order valence-electron chi connectivity index (χ0n) is 10.6. The molecule has 0 amide bonds. The molecule has 3 N–H and O–H groups in total. The van der Waals surface area contributed by atoms with Crippen molar-refractivity contribution in [2.45, 2.75) is 13.3 Å². The standard InChI is InChI=1S/C11H16N2O5S/c1-3-6-12-19(16,17)13-9-7-8(11(14)15)4-5-10(9)18-2/h4-5,7,12-13H,3,6H2,1-2H3,(H,14,15). The molecule has 19 heavy (non-hydrogen) atoms. The predicted octanol–water partition coefficient (Wildman–Crippen LogP) is 1.05. The van der Waals surface area contributed by atoms with Crippen LogP contribution < -0.4 is 14.2 Å². The van der Waals surface area contributed by atoms with E-state index >= 15 is 0 Å². The van der Waals surface area contributed by atoms with Crippen molar-refractivity contribution in [1.82, 2.24) is 4.72 Å². The topological polar surface area (TPSA) is 105 Å². The van der Waals surface area contributed by atoms with E-state index in [-0.39, 0.29) is 23.5 Å². The van der Waals surface area contributed by atoms with Gasteiger partial charge < -0.3 is 9.84 Å². The van der Waals surface area contributed by atoms with E-state index in [2.05, 4.69) is 9.44 Å². The summed E-state index contributed by atoms with van der Waals surface area (Å²) in [5, 5.41) is 8.88. The first-order chi connectivity index (χ1) is 8.89.